The monoisotopic (exact) mass is 735 g/mol. The van der Waals surface area contributed by atoms with Crippen LogP contribution in [0.15, 0.2) is 61.2 Å². The van der Waals surface area contributed by atoms with Crippen molar-refractivity contribution in [1.29, 1.82) is 5.26 Å². The number of rotatable bonds is 8. The lowest BCUT2D eigenvalue weighted by molar-refractivity contribution is -0.122. The molecule has 2 bridgehead atoms. The number of nitrogens with one attached hydrogen (secondary N) is 5. The lowest BCUT2D eigenvalue weighted by atomic mass is 10.0. The first kappa shape index (κ1) is 36.1. The molecule has 2 aromatic carbocycles. The highest BCUT2D eigenvalue weighted by Crippen LogP contribution is 2.35. The second-order valence-corrected chi connectivity index (χ2v) is 12.5. The van der Waals surface area contributed by atoms with Crippen molar-refractivity contribution < 1.29 is 19.1 Å². The molecule has 0 saturated carbocycles. The summed E-state index contributed by atoms with van der Waals surface area (Å²) in [7, 11) is 1.25. The topological polar surface area (TPSA) is 230 Å². The SMILES string of the molecule is COC(=O)Nc1ccc2c(c1)N[C@@H](C(=O)NCc1cnc(C)cn1)CCCC[C@H](NC(=O)/C=C/c1cc(Cl)ccc1-n1cnnn1)c1nc(C#N)c-2[nH]1. The quantitative estimate of drug-likeness (QED) is 0.140. The van der Waals surface area contributed by atoms with E-state index in [1.165, 1.54) is 24.2 Å². The molecule has 270 valence electrons. The molecule has 4 heterocycles. The van der Waals surface area contributed by atoms with Crippen molar-refractivity contribution in [3.05, 3.63) is 94.7 Å². The fourth-order valence-electron chi connectivity index (χ4n) is 5.73. The van der Waals surface area contributed by atoms with Crippen LogP contribution in [0.4, 0.5) is 16.2 Å². The van der Waals surface area contributed by atoms with Crippen LogP contribution in [-0.2, 0) is 20.9 Å². The number of tetrazole rings is 1. The molecular weight excluding hydrogens is 702 g/mol. The van der Waals surface area contributed by atoms with Gasteiger partial charge in [-0.25, -0.2) is 9.78 Å². The molecule has 17 nitrogen and oxygen atoms in total. The van der Waals surface area contributed by atoms with Crippen LogP contribution < -0.4 is 21.3 Å². The van der Waals surface area contributed by atoms with E-state index in [9.17, 15) is 19.6 Å². The average Bonchev–Trinajstić information content (AvgIpc) is 3.85. The van der Waals surface area contributed by atoms with E-state index in [1.807, 2.05) is 6.92 Å². The molecular formula is C35H34ClN13O4. The number of aromatic nitrogens is 8. The number of imidazole rings is 1. The predicted molar refractivity (Wildman–Crippen MR) is 193 cm³/mol. The first-order chi connectivity index (χ1) is 25.7. The maximum Gasteiger partial charge on any atom is 0.411 e. The van der Waals surface area contributed by atoms with Gasteiger partial charge in [-0.1, -0.05) is 24.4 Å². The van der Waals surface area contributed by atoms with Gasteiger partial charge in [-0.3, -0.25) is 24.9 Å². The van der Waals surface area contributed by atoms with Gasteiger partial charge in [0.05, 0.1) is 48.7 Å². The molecule has 0 fully saturated rings. The largest absolute Gasteiger partial charge is 0.453 e. The molecule has 0 aliphatic carbocycles. The Morgan fingerprint density at radius 3 is 2.74 bits per heavy atom. The predicted octanol–water partition coefficient (Wildman–Crippen LogP) is 4.40. The third kappa shape index (κ3) is 8.98. The number of nitrogens with zero attached hydrogens (tertiary/aromatic N) is 8. The summed E-state index contributed by atoms with van der Waals surface area (Å²) >= 11 is 6.25. The number of benzene rings is 2. The van der Waals surface area contributed by atoms with Crippen LogP contribution in [0, 0.1) is 18.3 Å². The molecule has 1 aliphatic heterocycles. The number of anilines is 2. The molecule has 5 N–H and O–H groups in total. The van der Waals surface area contributed by atoms with E-state index in [2.05, 4.69) is 62.8 Å². The summed E-state index contributed by atoms with van der Waals surface area (Å²) in [6, 6.07) is 10.9. The van der Waals surface area contributed by atoms with Crippen molar-refractivity contribution in [2.24, 2.45) is 0 Å². The molecule has 0 saturated heterocycles. The average molecular weight is 736 g/mol. The second-order valence-electron chi connectivity index (χ2n) is 12.0. The molecule has 3 aromatic heterocycles. The van der Waals surface area contributed by atoms with Crippen LogP contribution in [0.2, 0.25) is 5.02 Å². The van der Waals surface area contributed by atoms with Crippen molar-refractivity contribution in [3.8, 4) is 23.0 Å². The van der Waals surface area contributed by atoms with Crippen LogP contribution in [0.25, 0.3) is 23.0 Å². The number of carbonyl (C=O) groups excluding carboxylic acids is 3. The fourth-order valence-corrected chi connectivity index (χ4v) is 5.91. The van der Waals surface area contributed by atoms with Crippen LogP contribution in [0.3, 0.4) is 0 Å². The van der Waals surface area contributed by atoms with Gasteiger partial charge in [0.15, 0.2) is 5.69 Å². The van der Waals surface area contributed by atoms with E-state index >= 15 is 0 Å². The number of methoxy groups -OCH3 is 1. The highest BCUT2D eigenvalue weighted by atomic mass is 35.5. The van der Waals surface area contributed by atoms with Crippen LogP contribution >= 0.6 is 11.6 Å². The van der Waals surface area contributed by atoms with Crippen LogP contribution in [0.1, 0.15) is 60.2 Å². The van der Waals surface area contributed by atoms with E-state index in [0.717, 1.165) is 5.69 Å². The zero-order chi connectivity index (χ0) is 37.3. The summed E-state index contributed by atoms with van der Waals surface area (Å²) in [6.45, 7) is 1.99. The third-order valence-electron chi connectivity index (χ3n) is 8.35. The van der Waals surface area contributed by atoms with Crippen molar-refractivity contribution >= 4 is 47.0 Å². The van der Waals surface area contributed by atoms with Gasteiger partial charge in [-0.15, -0.1) is 5.10 Å². The Bertz CT molecular complexity index is 2180. The molecule has 1 aliphatic rings. The number of aryl methyl sites for hydroxylation is 1. The number of aromatic amines is 1. The Balaban J connectivity index is 1.30. The molecule has 18 heteroatoms. The van der Waals surface area contributed by atoms with Gasteiger partial charge in [-0.05, 0) is 72.7 Å². The number of hydrogen-bond donors (Lipinski definition) is 5. The van der Waals surface area contributed by atoms with Crippen molar-refractivity contribution in [1.82, 2.24) is 50.8 Å². The molecule has 0 spiro atoms. The first-order valence-corrected chi connectivity index (χ1v) is 16.9. The Labute approximate surface area is 308 Å². The van der Waals surface area contributed by atoms with E-state index in [4.69, 9.17) is 16.3 Å². The number of carbonyl (C=O) groups is 3. The Kier molecular flexibility index (Phi) is 11.3. The molecule has 2 atom stereocenters. The van der Waals surface area contributed by atoms with E-state index in [0.29, 0.717) is 76.1 Å². The standard InChI is InChI=1S/C35H34ClN13O4/c1-20-16-39-24(17-38-20)18-40-34(51)27-6-4-3-5-26(44-31(50)12-7-21-13-22(36)8-11-30(21)49-19-41-47-48-49)33-45-29(15-37)32(46-33)25-10-9-23(14-28(25)43-27)42-35(52)53-2/h7-14,16-17,19,26-27,43H,3-6,18H2,1-2H3,(H,40,51)(H,42,52)(H,44,50)(H,45,46)/b12-7+/t26-,27+/m0/s1. The zero-order valence-corrected chi connectivity index (χ0v) is 29.4. The number of amides is 3. The van der Waals surface area contributed by atoms with Crippen LogP contribution in [0.5, 0.6) is 0 Å². The summed E-state index contributed by atoms with van der Waals surface area (Å²) in [5, 5.41) is 33.9. The summed E-state index contributed by atoms with van der Waals surface area (Å²) in [6.07, 6.45) is 9.02. The lowest BCUT2D eigenvalue weighted by Gasteiger charge is -2.23. The lowest BCUT2D eigenvalue weighted by Crippen LogP contribution is -2.39. The minimum absolute atomic E-state index is 0.0784. The normalized spacial score (nSPS) is 15.5. The molecule has 0 radical (unpaired) electrons. The van der Waals surface area contributed by atoms with Gasteiger partial charge in [0.25, 0.3) is 0 Å². The number of fused-ring (bicyclic) bond motifs is 4. The minimum atomic E-state index is -0.726. The van der Waals surface area contributed by atoms with Gasteiger partial charge < -0.3 is 25.7 Å². The second kappa shape index (κ2) is 16.6. The summed E-state index contributed by atoms with van der Waals surface area (Å²) in [5.74, 6) is -0.324. The van der Waals surface area contributed by atoms with Crippen molar-refractivity contribution in [2.45, 2.75) is 51.2 Å². The Hall–Kier alpha value is -6.67. The highest BCUT2D eigenvalue weighted by Gasteiger charge is 2.26. The van der Waals surface area contributed by atoms with Gasteiger partial charge in [0, 0.05) is 39.8 Å². The smallest absolute Gasteiger partial charge is 0.411 e. The number of nitriles is 1. The third-order valence-corrected chi connectivity index (χ3v) is 8.59. The van der Waals surface area contributed by atoms with E-state index in [-0.39, 0.29) is 18.1 Å². The van der Waals surface area contributed by atoms with Gasteiger partial charge in [0.1, 0.15) is 24.3 Å². The van der Waals surface area contributed by atoms with E-state index in [1.54, 1.807) is 54.9 Å². The summed E-state index contributed by atoms with van der Waals surface area (Å²) < 4.78 is 6.22. The fraction of sp³-hybridized carbons (Fsp3) is 0.257. The van der Waals surface area contributed by atoms with Gasteiger partial charge in [-0.2, -0.15) is 9.94 Å². The first-order valence-electron chi connectivity index (χ1n) is 16.5. The minimum Gasteiger partial charge on any atom is -0.453 e. The zero-order valence-electron chi connectivity index (χ0n) is 28.6. The Morgan fingerprint density at radius 1 is 1.13 bits per heavy atom. The van der Waals surface area contributed by atoms with Gasteiger partial charge in [0.2, 0.25) is 11.8 Å². The summed E-state index contributed by atoms with van der Waals surface area (Å²) in [5.41, 5.74) is 4.38. The van der Waals surface area contributed by atoms with Crippen LogP contribution in [-0.4, -0.2) is 71.2 Å². The maximum absolute atomic E-state index is 13.7. The van der Waals surface area contributed by atoms with Crippen molar-refractivity contribution in [2.75, 3.05) is 17.7 Å². The number of hydrogen-bond acceptors (Lipinski definition) is 12. The molecule has 53 heavy (non-hydrogen) atoms. The molecule has 0 unspecified atom stereocenters. The number of H-pyrrole nitrogens is 1. The van der Waals surface area contributed by atoms with Gasteiger partial charge >= 0.3 is 6.09 Å². The molecule has 5 aromatic rings. The Morgan fingerprint density at radius 2 is 1.98 bits per heavy atom. The van der Waals surface area contributed by atoms with Crippen molar-refractivity contribution in [3.63, 3.8) is 0 Å². The number of halogens is 1. The molecule has 6 rings (SSSR count). The number of ether oxygens (including phenoxy) is 1. The molecule has 3 amide bonds. The highest BCUT2D eigenvalue weighted by molar-refractivity contribution is 6.30. The van der Waals surface area contributed by atoms with E-state index < -0.39 is 24.1 Å². The maximum atomic E-state index is 13.7. The summed E-state index contributed by atoms with van der Waals surface area (Å²) in [4.78, 5) is 55.6.